The monoisotopic (exact) mass is 267 g/mol. The van der Waals surface area contributed by atoms with E-state index in [0.29, 0.717) is 6.42 Å². The van der Waals surface area contributed by atoms with Gasteiger partial charge in [0.1, 0.15) is 0 Å². The summed E-state index contributed by atoms with van der Waals surface area (Å²) in [4.78, 5) is 12.0. The summed E-state index contributed by atoms with van der Waals surface area (Å²) in [5.41, 5.74) is 2.89. The third-order valence-electron chi connectivity index (χ3n) is 3.47. The fourth-order valence-electron chi connectivity index (χ4n) is 2.12. The lowest BCUT2D eigenvalue weighted by atomic mass is 10.1. The van der Waals surface area contributed by atoms with Crippen molar-refractivity contribution in [2.45, 2.75) is 20.3 Å². The van der Waals surface area contributed by atoms with Crippen molar-refractivity contribution in [2.24, 2.45) is 5.92 Å². The Morgan fingerprint density at radius 3 is 2.67 bits per heavy atom. The van der Waals surface area contributed by atoms with E-state index in [4.69, 9.17) is 0 Å². The summed E-state index contributed by atoms with van der Waals surface area (Å²) in [6, 6.07) is 5.69. The SMILES string of the molecule is Cc1cccc(NC(=O)[C@H]2CCS(=O)(=O)C2)c1C. The fourth-order valence-corrected chi connectivity index (χ4v) is 3.86. The molecule has 1 amide bonds. The molecule has 1 fully saturated rings. The van der Waals surface area contributed by atoms with Crippen LogP contribution in [0.2, 0.25) is 0 Å². The minimum atomic E-state index is -3.01. The van der Waals surface area contributed by atoms with Crippen molar-refractivity contribution in [3.63, 3.8) is 0 Å². The number of anilines is 1. The largest absolute Gasteiger partial charge is 0.326 e. The highest BCUT2D eigenvalue weighted by atomic mass is 32.2. The molecule has 1 aliphatic rings. The van der Waals surface area contributed by atoms with Gasteiger partial charge in [-0.25, -0.2) is 8.42 Å². The predicted molar refractivity (Wildman–Crippen MR) is 71.3 cm³/mol. The molecule has 0 unspecified atom stereocenters. The minimum Gasteiger partial charge on any atom is -0.326 e. The van der Waals surface area contributed by atoms with Crippen molar-refractivity contribution < 1.29 is 13.2 Å². The van der Waals surface area contributed by atoms with Gasteiger partial charge < -0.3 is 5.32 Å². The van der Waals surface area contributed by atoms with Gasteiger partial charge in [-0.1, -0.05) is 12.1 Å². The summed E-state index contributed by atoms with van der Waals surface area (Å²) in [6.07, 6.45) is 0.430. The number of carbonyl (C=O) groups is 1. The molecule has 0 bridgehead atoms. The number of hydrogen-bond acceptors (Lipinski definition) is 3. The molecule has 0 aliphatic carbocycles. The molecule has 2 rings (SSSR count). The Morgan fingerprint density at radius 1 is 1.33 bits per heavy atom. The van der Waals surface area contributed by atoms with Crippen LogP contribution in [-0.2, 0) is 14.6 Å². The molecule has 98 valence electrons. The third-order valence-corrected chi connectivity index (χ3v) is 5.23. The number of carbonyl (C=O) groups excluding carboxylic acids is 1. The number of benzene rings is 1. The molecular weight excluding hydrogens is 250 g/mol. The molecule has 4 nitrogen and oxygen atoms in total. The van der Waals surface area contributed by atoms with Crippen LogP contribution in [0, 0.1) is 19.8 Å². The highest BCUT2D eigenvalue weighted by molar-refractivity contribution is 7.91. The van der Waals surface area contributed by atoms with Crippen LogP contribution in [0.5, 0.6) is 0 Å². The molecule has 1 N–H and O–H groups in total. The molecule has 5 heteroatoms. The van der Waals surface area contributed by atoms with Gasteiger partial charge >= 0.3 is 0 Å². The molecule has 0 radical (unpaired) electrons. The molecule has 0 saturated carbocycles. The van der Waals surface area contributed by atoms with Crippen LogP contribution in [0.15, 0.2) is 18.2 Å². The molecule has 1 atom stereocenters. The number of nitrogens with one attached hydrogen (secondary N) is 1. The normalized spacial score (nSPS) is 21.8. The summed E-state index contributed by atoms with van der Waals surface area (Å²) < 4.78 is 22.7. The van der Waals surface area contributed by atoms with Crippen molar-refractivity contribution in [3.05, 3.63) is 29.3 Å². The Balaban J connectivity index is 2.11. The Labute approximate surface area is 107 Å². The second-order valence-electron chi connectivity index (χ2n) is 4.84. The van der Waals surface area contributed by atoms with Crippen LogP contribution in [0.4, 0.5) is 5.69 Å². The Kier molecular flexibility index (Phi) is 3.43. The highest BCUT2D eigenvalue weighted by Gasteiger charge is 2.33. The predicted octanol–water partition coefficient (Wildman–Crippen LogP) is 1.68. The van der Waals surface area contributed by atoms with E-state index in [9.17, 15) is 13.2 Å². The van der Waals surface area contributed by atoms with E-state index < -0.39 is 15.8 Å². The van der Waals surface area contributed by atoms with Gasteiger partial charge in [-0.15, -0.1) is 0 Å². The van der Waals surface area contributed by atoms with E-state index in [1.807, 2.05) is 32.0 Å². The molecule has 1 heterocycles. The van der Waals surface area contributed by atoms with Crippen molar-refractivity contribution in [1.29, 1.82) is 0 Å². The second-order valence-corrected chi connectivity index (χ2v) is 7.07. The Bertz CT molecular complexity index is 578. The first-order chi connectivity index (χ1) is 8.39. The molecule has 0 spiro atoms. The molecule has 1 aromatic carbocycles. The molecule has 18 heavy (non-hydrogen) atoms. The lowest BCUT2D eigenvalue weighted by Gasteiger charge is -2.13. The molecular formula is C13H17NO3S. The van der Waals surface area contributed by atoms with Crippen LogP contribution >= 0.6 is 0 Å². The number of hydrogen-bond donors (Lipinski definition) is 1. The second kappa shape index (κ2) is 4.72. The first-order valence-electron chi connectivity index (χ1n) is 5.96. The van der Waals surface area contributed by atoms with Gasteiger partial charge in [0, 0.05) is 5.69 Å². The van der Waals surface area contributed by atoms with Crippen molar-refractivity contribution in [1.82, 2.24) is 0 Å². The zero-order valence-electron chi connectivity index (χ0n) is 10.6. The van der Waals surface area contributed by atoms with Gasteiger partial charge in [-0.3, -0.25) is 4.79 Å². The molecule has 1 saturated heterocycles. The fraction of sp³-hybridized carbons (Fsp3) is 0.462. The lowest BCUT2D eigenvalue weighted by Crippen LogP contribution is -2.24. The maximum atomic E-state index is 12.0. The van der Waals surface area contributed by atoms with E-state index in [-0.39, 0.29) is 17.4 Å². The maximum absolute atomic E-state index is 12.0. The van der Waals surface area contributed by atoms with Crippen molar-refractivity contribution >= 4 is 21.4 Å². The zero-order chi connectivity index (χ0) is 13.3. The Hall–Kier alpha value is -1.36. The van der Waals surface area contributed by atoms with E-state index in [0.717, 1.165) is 16.8 Å². The van der Waals surface area contributed by atoms with Gasteiger partial charge in [0.25, 0.3) is 0 Å². The number of rotatable bonds is 2. The molecule has 0 aromatic heterocycles. The van der Waals surface area contributed by atoms with Crippen LogP contribution in [0.3, 0.4) is 0 Å². The smallest absolute Gasteiger partial charge is 0.228 e. The number of amides is 1. The van der Waals surface area contributed by atoms with E-state index in [2.05, 4.69) is 5.32 Å². The summed E-state index contributed by atoms with van der Waals surface area (Å²) in [6.45, 7) is 3.92. The summed E-state index contributed by atoms with van der Waals surface area (Å²) in [5.74, 6) is -0.499. The van der Waals surface area contributed by atoms with E-state index >= 15 is 0 Å². The quantitative estimate of drug-likeness (QED) is 0.886. The van der Waals surface area contributed by atoms with E-state index in [1.54, 1.807) is 0 Å². The van der Waals surface area contributed by atoms with Gasteiger partial charge in [-0.2, -0.15) is 0 Å². The van der Waals surface area contributed by atoms with Gasteiger partial charge in [0.05, 0.1) is 17.4 Å². The third kappa shape index (κ3) is 2.72. The summed E-state index contributed by atoms with van der Waals surface area (Å²) >= 11 is 0. The van der Waals surface area contributed by atoms with Gasteiger partial charge in [-0.05, 0) is 37.5 Å². The van der Waals surface area contributed by atoms with Crippen molar-refractivity contribution in [3.8, 4) is 0 Å². The average molecular weight is 267 g/mol. The average Bonchev–Trinajstić information content (AvgIpc) is 2.65. The van der Waals surface area contributed by atoms with Crippen LogP contribution < -0.4 is 5.32 Å². The number of aryl methyl sites for hydroxylation is 1. The van der Waals surface area contributed by atoms with Crippen LogP contribution in [-0.4, -0.2) is 25.8 Å². The first kappa shape index (κ1) is 13.1. The first-order valence-corrected chi connectivity index (χ1v) is 7.79. The van der Waals surface area contributed by atoms with Crippen LogP contribution in [0.1, 0.15) is 17.5 Å². The summed E-state index contributed by atoms with van der Waals surface area (Å²) in [5, 5.41) is 2.83. The maximum Gasteiger partial charge on any atom is 0.228 e. The highest BCUT2D eigenvalue weighted by Crippen LogP contribution is 2.23. The minimum absolute atomic E-state index is 0.0241. The van der Waals surface area contributed by atoms with E-state index in [1.165, 1.54) is 0 Å². The van der Waals surface area contributed by atoms with Crippen LogP contribution in [0.25, 0.3) is 0 Å². The molecule has 1 aromatic rings. The lowest BCUT2D eigenvalue weighted by molar-refractivity contribution is -0.119. The van der Waals surface area contributed by atoms with Gasteiger partial charge in [0.15, 0.2) is 9.84 Å². The standard InChI is InChI=1S/C13H17NO3S/c1-9-4-3-5-12(10(9)2)14-13(15)11-6-7-18(16,17)8-11/h3-5,11H,6-8H2,1-2H3,(H,14,15)/t11-/m0/s1. The van der Waals surface area contributed by atoms with Gasteiger partial charge in [0.2, 0.25) is 5.91 Å². The Morgan fingerprint density at radius 2 is 2.06 bits per heavy atom. The number of sulfone groups is 1. The topological polar surface area (TPSA) is 63.2 Å². The zero-order valence-corrected chi connectivity index (χ0v) is 11.4. The molecule has 1 aliphatic heterocycles. The summed E-state index contributed by atoms with van der Waals surface area (Å²) in [7, 11) is -3.01. The van der Waals surface area contributed by atoms with Crippen molar-refractivity contribution in [2.75, 3.05) is 16.8 Å².